The minimum atomic E-state index is 0.607. The monoisotopic (exact) mass is 257 g/mol. The van der Waals surface area contributed by atoms with Gasteiger partial charge in [0.1, 0.15) is 5.82 Å². The Morgan fingerprint density at radius 3 is 2.58 bits per heavy atom. The van der Waals surface area contributed by atoms with Crippen LogP contribution in [0.3, 0.4) is 0 Å². The van der Waals surface area contributed by atoms with Crippen molar-refractivity contribution in [1.29, 1.82) is 0 Å². The predicted octanol–water partition coefficient (Wildman–Crippen LogP) is 2.64. The molecule has 19 heavy (non-hydrogen) atoms. The first-order valence-electron chi connectivity index (χ1n) is 6.16. The standard InChI is InChI=1S/C14H19N5/c1-10-9-16-14(15-2)18-13(10)17-11-7-5-6-8-12(11)19(3)4/h5-9H,1-4H3,(H2,15,16,17,18). The van der Waals surface area contributed by atoms with E-state index in [-0.39, 0.29) is 0 Å². The van der Waals surface area contributed by atoms with Crippen LogP contribution in [0.4, 0.5) is 23.1 Å². The van der Waals surface area contributed by atoms with Crippen LogP contribution in [-0.4, -0.2) is 31.1 Å². The lowest BCUT2D eigenvalue weighted by Crippen LogP contribution is -2.11. The first kappa shape index (κ1) is 13.1. The lowest BCUT2D eigenvalue weighted by Gasteiger charge is -2.18. The van der Waals surface area contributed by atoms with Gasteiger partial charge in [0, 0.05) is 32.9 Å². The molecule has 0 spiro atoms. The number of hydrogen-bond acceptors (Lipinski definition) is 5. The van der Waals surface area contributed by atoms with Crippen molar-refractivity contribution in [2.24, 2.45) is 0 Å². The number of aromatic nitrogens is 2. The fourth-order valence-corrected chi connectivity index (χ4v) is 1.79. The highest BCUT2D eigenvalue weighted by atomic mass is 15.1. The van der Waals surface area contributed by atoms with Crippen molar-refractivity contribution in [1.82, 2.24) is 9.97 Å². The fraction of sp³-hybridized carbons (Fsp3) is 0.286. The van der Waals surface area contributed by atoms with Crippen molar-refractivity contribution in [3.05, 3.63) is 36.0 Å². The van der Waals surface area contributed by atoms with E-state index in [1.54, 1.807) is 6.20 Å². The fourth-order valence-electron chi connectivity index (χ4n) is 1.79. The van der Waals surface area contributed by atoms with Gasteiger partial charge in [0.25, 0.3) is 0 Å². The number of para-hydroxylation sites is 2. The maximum absolute atomic E-state index is 4.43. The molecular formula is C14H19N5. The highest BCUT2D eigenvalue weighted by Gasteiger charge is 2.07. The Hall–Kier alpha value is -2.30. The summed E-state index contributed by atoms with van der Waals surface area (Å²) in [6.07, 6.45) is 1.80. The average molecular weight is 257 g/mol. The summed E-state index contributed by atoms with van der Waals surface area (Å²) >= 11 is 0. The van der Waals surface area contributed by atoms with E-state index < -0.39 is 0 Å². The van der Waals surface area contributed by atoms with Crippen LogP contribution in [0.5, 0.6) is 0 Å². The van der Waals surface area contributed by atoms with Gasteiger partial charge in [-0.15, -0.1) is 0 Å². The molecule has 1 aromatic carbocycles. The maximum Gasteiger partial charge on any atom is 0.224 e. The predicted molar refractivity (Wildman–Crippen MR) is 80.4 cm³/mol. The van der Waals surface area contributed by atoms with E-state index in [2.05, 4.69) is 31.6 Å². The SMILES string of the molecule is CNc1ncc(C)c(Nc2ccccc2N(C)C)n1. The highest BCUT2D eigenvalue weighted by Crippen LogP contribution is 2.27. The van der Waals surface area contributed by atoms with Gasteiger partial charge in [-0.05, 0) is 19.1 Å². The minimum Gasteiger partial charge on any atom is -0.376 e. The molecule has 0 fully saturated rings. The molecule has 0 atom stereocenters. The first-order chi connectivity index (χ1) is 9.11. The molecule has 0 amide bonds. The molecule has 2 aromatic rings. The number of benzene rings is 1. The second kappa shape index (κ2) is 5.56. The van der Waals surface area contributed by atoms with Crippen LogP contribution >= 0.6 is 0 Å². The number of nitrogens with zero attached hydrogens (tertiary/aromatic N) is 3. The quantitative estimate of drug-likeness (QED) is 0.882. The summed E-state index contributed by atoms with van der Waals surface area (Å²) in [5.74, 6) is 1.42. The van der Waals surface area contributed by atoms with Crippen molar-refractivity contribution in [2.45, 2.75) is 6.92 Å². The van der Waals surface area contributed by atoms with E-state index in [0.717, 1.165) is 22.8 Å². The lowest BCUT2D eigenvalue weighted by molar-refractivity contribution is 1.11. The summed E-state index contributed by atoms with van der Waals surface area (Å²) in [6, 6.07) is 8.13. The Balaban J connectivity index is 2.36. The smallest absolute Gasteiger partial charge is 0.224 e. The van der Waals surface area contributed by atoms with Gasteiger partial charge in [-0.3, -0.25) is 0 Å². The van der Waals surface area contributed by atoms with Gasteiger partial charge in [0.15, 0.2) is 0 Å². The number of anilines is 4. The molecule has 5 nitrogen and oxygen atoms in total. The van der Waals surface area contributed by atoms with Gasteiger partial charge in [-0.1, -0.05) is 12.1 Å². The third kappa shape index (κ3) is 2.93. The molecule has 0 aliphatic heterocycles. The van der Waals surface area contributed by atoms with Crippen LogP contribution in [-0.2, 0) is 0 Å². The van der Waals surface area contributed by atoms with Crippen LogP contribution in [0.25, 0.3) is 0 Å². The van der Waals surface area contributed by atoms with Crippen LogP contribution in [0.15, 0.2) is 30.5 Å². The van der Waals surface area contributed by atoms with Crippen molar-refractivity contribution in [3.63, 3.8) is 0 Å². The minimum absolute atomic E-state index is 0.607. The molecule has 0 radical (unpaired) electrons. The second-order valence-electron chi connectivity index (χ2n) is 4.51. The molecule has 0 saturated carbocycles. The Morgan fingerprint density at radius 2 is 1.89 bits per heavy atom. The Bertz CT molecular complexity index is 566. The first-order valence-corrected chi connectivity index (χ1v) is 6.16. The van der Waals surface area contributed by atoms with Gasteiger partial charge in [-0.25, -0.2) is 4.98 Å². The number of aryl methyl sites for hydroxylation is 1. The number of nitrogens with one attached hydrogen (secondary N) is 2. The Labute approximate surface area is 113 Å². The van der Waals surface area contributed by atoms with E-state index in [1.165, 1.54) is 0 Å². The summed E-state index contributed by atoms with van der Waals surface area (Å²) < 4.78 is 0. The van der Waals surface area contributed by atoms with Crippen LogP contribution in [0, 0.1) is 6.92 Å². The van der Waals surface area contributed by atoms with E-state index in [9.17, 15) is 0 Å². The van der Waals surface area contributed by atoms with Gasteiger partial charge in [0.05, 0.1) is 11.4 Å². The van der Waals surface area contributed by atoms with Crippen LogP contribution in [0.2, 0.25) is 0 Å². The van der Waals surface area contributed by atoms with Crippen LogP contribution < -0.4 is 15.5 Å². The van der Waals surface area contributed by atoms with Gasteiger partial charge in [-0.2, -0.15) is 4.98 Å². The third-order valence-electron chi connectivity index (χ3n) is 2.83. The summed E-state index contributed by atoms with van der Waals surface area (Å²) in [4.78, 5) is 10.7. The molecule has 5 heteroatoms. The molecule has 0 unspecified atom stereocenters. The van der Waals surface area contributed by atoms with E-state index in [4.69, 9.17) is 0 Å². The summed E-state index contributed by atoms with van der Waals surface area (Å²) in [5, 5.41) is 6.31. The molecule has 0 aliphatic rings. The van der Waals surface area contributed by atoms with Crippen LogP contribution in [0.1, 0.15) is 5.56 Å². The Kier molecular flexibility index (Phi) is 3.85. The zero-order chi connectivity index (χ0) is 13.8. The number of hydrogen-bond donors (Lipinski definition) is 2. The molecule has 0 saturated heterocycles. The molecule has 2 rings (SSSR count). The molecule has 100 valence electrons. The van der Waals surface area contributed by atoms with Gasteiger partial charge in [0.2, 0.25) is 5.95 Å². The zero-order valence-electron chi connectivity index (χ0n) is 11.7. The highest BCUT2D eigenvalue weighted by molar-refractivity contribution is 5.74. The summed E-state index contributed by atoms with van der Waals surface area (Å²) in [7, 11) is 5.85. The third-order valence-corrected chi connectivity index (χ3v) is 2.83. The molecule has 0 aliphatic carbocycles. The normalized spacial score (nSPS) is 10.1. The summed E-state index contributed by atoms with van der Waals surface area (Å²) in [6.45, 7) is 1.99. The summed E-state index contributed by atoms with van der Waals surface area (Å²) in [5.41, 5.74) is 3.15. The van der Waals surface area contributed by atoms with E-state index in [1.807, 2.05) is 46.3 Å². The molecule has 1 heterocycles. The molecule has 2 N–H and O–H groups in total. The molecule has 1 aromatic heterocycles. The van der Waals surface area contributed by atoms with Crippen molar-refractivity contribution < 1.29 is 0 Å². The van der Waals surface area contributed by atoms with E-state index >= 15 is 0 Å². The van der Waals surface area contributed by atoms with Crippen molar-refractivity contribution in [3.8, 4) is 0 Å². The molecule has 0 bridgehead atoms. The van der Waals surface area contributed by atoms with Gasteiger partial charge >= 0.3 is 0 Å². The number of rotatable bonds is 4. The largest absolute Gasteiger partial charge is 0.376 e. The molecular weight excluding hydrogens is 238 g/mol. The van der Waals surface area contributed by atoms with Crippen molar-refractivity contribution in [2.75, 3.05) is 36.7 Å². The second-order valence-corrected chi connectivity index (χ2v) is 4.51. The maximum atomic E-state index is 4.43. The zero-order valence-corrected chi connectivity index (χ0v) is 11.7. The Morgan fingerprint density at radius 1 is 1.16 bits per heavy atom. The average Bonchev–Trinajstić information content (AvgIpc) is 2.41. The van der Waals surface area contributed by atoms with Crippen molar-refractivity contribution >= 4 is 23.1 Å². The van der Waals surface area contributed by atoms with Gasteiger partial charge < -0.3 is 15.5 Å². The van der Waals surface area contributed by atoms with E-state index in [0.29, 0.717) is 5.95 Å². The topological polar surface area (TPSA) is 53.1 Å². The lowest BCUT2D eigenvalue weighted by atomic mass is 10.2.